The number of nitrogens with zero attached hydrogens (tertiary/aromatic N) is 3. The molecule has 160 valence electrons. The lowest BCUT2D eigenvalue weighted by Gasteiger charge is -2.11. The van der Waals surface area contributed by atoms with E-state index in [0.717, 1.165) is 28.5 Å². The summed E-state index contributed by atoms with van der Waals surface area (Å²) in [5.74, 6) is -1.86. The van der Waals surface area contributed by atoms with Gasteiger partial charge in [-0.15, -0.1) is 5.10 Å². The summed E-state index contributed by atoms with van der Waals surface area (Å²) < 4.78 is 5.15. The number of amides is 1. The van der Waals surface area contributed by atoms with Crippen molar-refractivity contribution in [1.82, 2.24) is 10.3 Å². The second kappa shape index (κ2) is 9.98. The quantitative estimate of drug-likeness (QED) is 0.384. The number of esters is 1. The highest BCUT2D eigenvalue weighted by molar-refractivity contribution is 8.15. The molecule has 1 amide bonds. The van der Waals surface area contributed by atoms with Crippen molar-refractivity contribution in [3.63, 3.8) is 0 Å². The summed E-state index contributed by atoms with van der Waals surface area (Å²) in [7, 11) is 0. The Morgan fingerprint density at radius 1 is 1.29 bits per heavy atom. The number of hydrogen-bond acceptors (Lipinski definition) is 8. The molecule has 2 N–H and O–H groups in total. The lowest BCUT2D eigenvalue weighted by Crippen LogP contribution is -2.26. The van der Waals surface area contributed by atoms with E-state index in [1.54, 1.807) is 31.3 Å². The van der Waals surface area contributed by atoms with E-state index in [2.05, 4.69) is 20.5 Å². The molecule has 10 heteroatoms. The highest BCUT2D eigenvalue weighted by Crippen LogP contribution is 2.25. The van der Waals surface area contributed by atoms with Crippen LogP contribution in [0.4, 0.5) is 0 Å². The Balaban J connectivity index is 1.73. The summed E-state index contributed by atoms with van der Waals surface area (Å²) in [4.78, 5) is 39.1. The summed E-state index contributed by atoms with van der Waals surface area (Å²) in [6.45, 7) is 3.86. The Hall–Kier alpha value is -3.53. The largest absolute Gasteiger partial charge is 0.481 e. The van der Waals surface area contributed by atoms with Crippen LogP contribution in [0.2, 0.25) is 0 Å². The number of carbonyl (C=O) groups is 3. The van der Waals surface area contributed by atoms with Crippen LogP contribution in [0.1, 0.15) is 34.8 Å². The molecular weight excluding hydrogens is 420 g/mol. The van der Waals surface area contributed by atoms with E-state index in [1.807, 2.05) is 19.1 Å². The van der Waals surface area contributed by atoms with Crippen LogP contribution in [0.25, 0.3) is 11.3 Å². The number of aromatic nitrogens is 1. The minimum absolute atomic E-state index is 0.257. The standard InChI is InChI=1S/C21H20N4O5S/c1-3-30-20(29)17-12(2)8-9-22-18(17)14-6-4-13(5-7-14)11-23-25-21-24-19(28)15(31-21)10-16(26)27/h4-9,11,15H,3,10H2,1-2H3,(H,26,27)(H,24,25,28). The number of hydrogen-bond donors (Lipinski definition) is 2. The number of nitrogens with one attached hydrogen (secondary N) is 1. The van der Waals surface area contributed by atoms with E-state index in [-0.39, 0.29) is 18.2 Å². The first-order valence-electron chi connectivity index (χ1n) is 9.42. The Bertz CT molecular complexity index is 1070. The number of rotatable bonds is 7. The van der Waals surface area contributed by atoms with Crippen LogP contribution in [0.15, 0.2) is 46.7 Å². The van der Waals surface area contributed by atoms with Gasteiger partial charge in [0, 0.05) is 11.8 Å². The van der Waals surface area contributed by atoms with E-state index in [0.29, 0.717) is 11.3 Å². The van der Waals surface area contributed by atoms with Crippen molar-refractivity contribution in [3.8, 4) is 11.3 Å². The highest BCUT2D eigenvalue weighted by Gasteiger charge is 2.32. The molecule has 2 heterocycles. The maximum absolute atomic E-state index is 12.3. The average Bonchev–Trinajstić information content (AvgIpc) is 3.07. The van der Waals surface area contributed by atoms with Gasteiger partial charge in [0.15, 0.2) is 5.17 Å². The lowest BCUT2D eigenvalue weighted by molar-refractivity contribution is -0.138. The molecule has 31 heavy (non-hydrogen) atoms. The molecule has 0 radical (unpaired) electrons. The van der Waals surface area contributed by atoms with Gasteiger partial charge in [0.1, 0.15) is 5.25 Å². The van der Waals surface area contributed by atoms with Gasteiger partial charge in [0.05, 0.1) is 30.5 Å². The van der Waals surface area contributed by atoms with Crippen LogP contribution in [0.3, 0.4) is 0 Å². The molecule has 1 saturated heterocycles. The minimum atomic E-state index is -1.05. The topological polar surface area (TPSA) is 130 Å². The van der Waals surface area contributed by atoms with Crippen LogP contribution >= 0.6 is 11.8 Å². The van der Waals surface area contributed by atoms with Crippen molar-refractivity contribution >= 4 is 41.0 Å². The summed E-state index contributed by atoms with van der Waals surface area (Å²) in [5, 5.41) is 18.7. The van der Waals surface area contributed by atoms with E-state index in [1.165, 1.54) is 6.21 Å². The molecule has 0 aliphatic carbocycles. The SMILES string of the molecule is CCOC(=O)c1c(C)ccnc1-c1ccc(C=NN=C2NC(=O)C(CC(=O)O)S2)cc1. The highest BCUT2D eigenvalue weighted by atomic mass is 32.2. The van der Waals surface area contributed by atoms with E-state index in [9.17, 15) is 14.4 Å². The number of pyridine rings is 1. The summed E-state index contributed by atoms with van der Waals surface area (Å²) >= 11 is 1.03. The van der Waals surface area contributed by atoms with Crippen LogP contribution in [0.5, 0.6) is 0 Å². The molecule has 0 bridgehead atoms. The fraction of sp³-hybridized carbons (Fsp3) is 0.238. The van der Waals surface area contributed by atoms with E-state index >= 15 is 0 Å². The zero-order valence-electron chi connectivity index (χ0n) is 16.9. The van der Waals surface area contributed by atoms with Gasteiger partial charge in [-0.2, -0.15) is 5.10 Å². The molecule has 0 spiro atoms. The van der Waals surface area contributed by atoms with Crippen molar-refractivity contribution in [1.29, 1.82) is 0 Å². The van der Waals surface area contributed by atoms with Gasteiger partial charge in [-0.25, -0.2) is 4.79 Å². The van der Waals surface area contributed by atoms with Gasteiger partial charge in [-0.05, 0) is 31.0 Å². The molecule has 1 fully saturated rings. The molecular formula is C21H20N4O5S. The van der Waals surface area contributed by atoms with Crippen molar-refractivity contribution in [2.45, 2.75) is 25.5 Å². The first-order chi connectivity index (χ1) is 14.9. The maximum Gasteiger partial charge on any atom is 0.340 e. The summed E-state index contributed by atoms with van der Waals surface area (Å²) in [6.07, 6.45) is 2.87. The smallest absolute Gasteiger partial charge is 0.340 e. The van der Waals surface area contributed by atoms with E-state index in [4.69, 9.17) is 9.84 Å². The fourth-order valence-electron chi connectivity index (χ4n) is 2.86. The predicted octanol–water partition coefficient (Wildman–Crippen LogP) is 2.63. The molecule has 9 nitrogen and oxygen atoms in total. The Morgan fingerprint density at radius 2 is 2.03 bits per heavy atom. The Labute approximate surface area is 182 Å². The first kappa shape index (κ1) is 22.2. The number of carboxylic acids is 1. The second-order valence-electron chi connectivity index (χ2n) is 6.54. The third-order valence-corrected chi connectivity index (χ3v) is 5.39. The molecule has 0 saturated carbocycles. The number of amidine groups is 1. The number of aryl methyl sites for hydroxylation is 1. The number of aliphatic carboxylic acids is 1. The molecule has 2 aromatic rings. The van der Waals surface area contributed by atoms with Crippen molar-refractivity contribution < 1.29 is 24.2 Å². The molecule has 1 aromatic carbocycles. The van der Waals surface area contributed by atoms with Crippen molar-refractivity contribution in [2.75, 3.05) is 6.61 Å². The lowest BCUT2D eigenvalue weighted by atomic mass is 10.0. The monoisotopic (exact) mass is 440 g/mol. The average molecular weight is 440 g/mol. The third-order valence-electron chi connectivity index (χ3n) is 4.31. The second-order valence-corrected chi connectivity index (χ2v) is 7.73. The van der Waals surface area contributed by atoms with Crippen molar-refractivity contribution in [3.05, 3.63) is 53.2 Å². The Kier molecular flexibility index (Phi) is 7.14. The minimum Gasteiger partial charge on any atom is -0.481 e. The number of carboxylic acid groups (broad SMARTS) is 1. The van der Waals surface area contributed by atoms with Gasteiger partial charge in [0.2, 0.25) is 5.91 Å². The number of carbonyl (C=O) groups excluding carboxylic acids is 2. The normalized spacial score (nSPS) is 17.2. The van der Waals surface area contributed by atoms with Crippen LogP contribution in [0, 0.1) is 6.92 Å². The molecule has 1 unspecified atom stereocenters. The van der Waals surface area contributed by atoms with Crippen LogP contribution in [-0.2, 0) is 14.3 Å². The summed E-state index contributed by atoms with van der Waals surface area (Å²) in [6, 6.07) is 8.98. The van der Waals surface area contributed by atoms with Gasteiger partial charge in [0.25, 0.3) is 0 Å². The van der Waals surface area contributed by atoms with Crippen LogP contribution < -0.4 is 5.32 Å². The third kappa shape index (κ3) is 5.54. The maximum atomic E-state index is 12.3. The zero-order valence-corrected chi connectivity index (χ0v) is 17.7. The van der Waals surface area contributed by atoms with Crippen LogP contribution in [-0.4, -0.2) is 51.2 Å². The number of benzene rings is 1. The fourth-order valence-corrected chi connectivity index (χ4v) is 3.77. The molecule has 1 aromatic heterocycles. The molecule has 1 aliphatic heterocycles. The molecule has 3 rings (SSSR count). The van der Waals surface area contributed by atoms with Gasteiger partial charge >= 0.3 is 11.9 Å². The van der Waals surface area contributed by atoms with Crippen molar-refractivity contribution in [2.24, 2.45) is 10.2 Å². The van der Waals surface area contributed by atoms with Gasteiger partial charge in [-0.3, -0.25) is 14.6 Å². The van der Waals surface area contributed by atoms with Gasteiger partial charge in [-0.1, -0.05) is 36.0 Å². The predicted molar refractivity (Wildman–Crippen MR) is 117 cm³/mol. The zero-order chi connectivity index (χ0) is 22.4. The number of ether oxygens (including phenoxy) is 1. The summed E-state index contributed by atoms with van der Waals surface area (Å²) in [5.41, 5.74) is 3.25. The molecule has 1 atom stereocenters. The van der Waals surface area contributed by atoms with Gasteiger partial charge < -0.3 is 15.2 Å². The van der Waals surface area contributed by atoms with E-state index < -0.39 is 23.1 Å². The number of thioether (sulfide) groups is 1. The Morgan fingerprint density at radius 3 is 2.71 bits per heavy atom. The molecule has 1 aliphatic rings. The first-order valence-corrected chi connectivity index (χ1v) is 10.3.